The first-order valence-electron chi connectivity index (χ1n) is 7.11. The van der Waals surface area contributed by atoms with Crippen molar-refractivity contribution in [2.45, 2.75) is 6.54 Å². The summed E-state index contributed by atoms with van der Waals surface area (Å²) in [6.07, 6.45) is 1.52. The van der Waals surface area contributed by atoms with Gasteiger partial charge in [0.2, 0.25) is 0 Å². The number of rotatable bonds is 5. The fraction of sp³-hybridized carbons (Fsp3) is 0.125. The minimum atomic E-state index is -0.319. The number of hydrogen-bond donors (Lipinski definition) is 1. The molecule has 122 valence electrons. The Hall–Kier alpha value is -2.74. The number of fused-ring (bicyclic) bond motifs is 1. The third-order valence-electron chi connectivity index (χ3n) is 3.20. The number of hydrogen-bond acceptors (Lipinski definition) is 5. The minimum Gasteiger partial charge on any atom is -0.496 e. The highest BCUT2D eigenvalue weighted by Gasteiger charge is 2.06. The first-order valence-corrected chi connectivity index (χ1v) is 7.90. The molecule has 0 unspecified atom stereocenters. The zero-order valence-corrected chi connectivity index (χ0v) is 14.4. The lowest BCUT2D eigenvalue weighted by Gasteiger charge is -2.04. The Labute approximate surface area is 146 Å². The van der Waals surface area contributed by atoms with Crippen LogP contribution in [0, 0.1) is 0 Å². The van der Waals surface area contributed by atoms with E-state index in [1.807, 2.05) is 42.5 Å². The van der Waals surface area contributed by atoms with Crippen LogP contribution in [0.5, 0.6) is 5.75 Å². The first-order chi connectivity index (χ1) is 11.7. The van der Waals surface area contributed by atoms with Crippen LogP contribution >= 0.6 is 15.9 Å². The highest BCUT2D eigenvalue weighted by molar-refractivity contribution is 9.10. The van der Waals surface area contributed by atoms with Crippen LogP contribution in [-0.4, -0.2) is 34.2 Å². The SMILES string of the molecule is COc1ccc(Br)cc1C=NNC(=O)Cn1nc2ccccc2n1. The first kappa shape index (κ1) is 16.1. The maximum Gasteiger partial charge on any atom is 0.263 e. The van der Waals surface area contributed by atoms with Crippen molar-refractivity contribution < 1.29 is 9.53 Å². The van der Waals surface area contributed by atoms with Crippen molar-refractivity contribution in [1.82, 2.24) is 20.4 Å². The summed E-state index contributed by atoms with van der Waals surface area (Å²) in [5, 5.41) is 12.4. The number of aromatic nitrogens is 3. The van der Waals surface area contributed by atoms with Gasteiger partial charge in [0.25, 0.3) is 5.91 Å². The molecular formula is C16H14BrN5O2. The molecule has 1 aromatic heterocycles. The molecule has 0 aliphatic heterocycles. The van der Waals surface area contributed by atoms with E-state index in [1.54, 1.807) is 7.11 Å². The molecule has 24 heavy (non-hydrogen) atoms. The number of nitrogens with one attached hydrogen (secondary N) is 1. The Morgan fingerprint density at radius 3 is 2.67 bits per heavy atom. The zero-order chi connectivity index (χ0) is 16.9. The molecule has 0 radical (unpaired) electrons. The molecule has 1 N–H and O–H groups in total. The molecule has 8 heteroatoms. The lowest BCUT2D eigenvalue weighted by atomic mass is 10.2. The maximum absolute atomic E-state index is 11.9. The fourth-order valence-corrected chi connectivity index (χ4v) is 2.50. The predicted octanol–water partition coefficient (Wildman–Crippen LogP) is 2.35. The number of methoxy groups -OCH3 is 1. The molecule has 0 saturated carbocycles. The topological polar surface area (TPSA) is 81.4 Å². The second kappa shape index (κ2) is 7.22. The average Bonchev–Trinajstić information content (AvgIpc) is 2.97. The van der Waals surface area contributed by atoms with Gasteiger partial charge in [0.15, 0.2) is 0 Å². The Kier molecular flexibility index (Phi) is 4.85. The number of amides is 1. The molecule has 3 rings (SSSR count). The van der Waals surface area contributed by atoms with Crippen molar-refractivity contribution in [3.05, 3.63) is 52.5 Å². The van der Waals surface area contributed by atoms with Gasteiger partial charge >= 0.3 is 0 Å². The largest absolute Gasteiger partial charge is 0.496 e. The summed E-state index contributed by atoms with van der Waals surface area (Å²) < 4.78 is 6.13. The van der Waals surface area contributed by atoms with E-state index in [-0.39, 0.29) is 12.5 Å². The molecule has 0 aliphatic carbocycles. The highest BCUT2D eigenvalue weighted by Crippen LogP contribution is 2.21. The van der Waals surface area contributed by atoms with Crippen molar-refractivity contribution in [2.24, 2.45) is 5.10 Å². The summed E-state index contributed by atoms with van der Waals surface area (Å²) in [5.41, 5.74) is 4.69. The lowest BCUT2D eigenvalue weighted by molar-refractivity contribution is -0.122. The van der Waals surface area contributed by atoms with Crippen molar-refractivity contribution in [3.63, 3.8) is 0 Å². The van der Waals surface area contributed by atoms with E-state index in [0.29, 0.717) is 5.75 Å². The molecule has 0 bridgehead atoms. The van der Waals surface area contributed by atoms with Gasteiger partial charge in [-0.25, -0.2) is 5.43 Å². The number of ether oxygens (including phenoxy) is 1. The third-order valence-corrected chi connectivity index (χ3v) is 3.69. The predicted molar refractivity (Wildman–Crippen MR) is 94.0 cm³/mol. The Morgan fingerprint density at radius 1 is 1.29 bits per heavy atom. The number of nitrogens with zero attached hydrogens (tertiary/aromatic N) is 4. The summed E-state index contributed by atoms with van der Waals surface area (Å²) >= 11 is 3.38. The van der Waals surface area contributed by atoms with E-state index >= 15 is 0 Å². The van der Waals surface area contributed by atoms with Crippen molar-refractivity contribution >= 4 is 39.1 Å². The summed E-state index contributed by atoms with van der Waals surface area (Å²) in [5.74, 6) is 0.344. The van der Waals surface area contributed by atoms with Crippen LogP contribution in [0.25, 0.3) is 11.0 Å². The molecule has 0 aliphatic rings. The van der Waals surface area contributed by atoms with Gasteiger partial charge in [-0.3, -0.25) is 4.79 Å². The van der Waals surface area contributed by atoms with Crippen LogP contribution in [-0.2, 0) is 11.3 Å². The van der Waals surface area contributed by atoms with Crippen LogP contribution in [0.3, 0.4) is 0 Å². The van der Waals surface area contributed by atoms with Gasteiger partial charge in [-0.2, -0.15) is 20.1 Å². The number of carbonyl (C=O) groups is 1. The fourth-order valence-electron chi connectivity index (χ4n) is 2.12. The van der Waals surface area contributed by atoms with E-state index in [4.69, 9.17) is 4.74 Å². The second-order valence-corrected chi connectivity index (χ2v) is 5.81. The molecule has 0 fully saturated rings. The van der Waals surface area contributed by atoms with E-state index in [2.05, 4.69) is 36.7 Å². The minimum absolute atomic E-state index is 0.0123. The third kappa shape index (κ3) is 3.77. The average molecular weight is 388 g/mol. The Bertz CT molecular complexity index is 873. The van der Waals surface area contributed by atoms with Gasteiger partial charge < -0.3 is 4.74 Å². The Morgan fingerprint density at radius 2 is 2.00 bits per heavy atom. The van der Waals surface area contributed by atoms with Gasteiger partial charge in [-0.1, -0.05) is 28.1 Å². The molecule has 0 saturated heterocycles. The summed E-state index contributed by atoms with van der Waals surface area (Å²) in [4.78, 5) is 13.3. The molecule has 0 spiro atoms. The van der Waals surface area contributed by atoms with Gasteiger partial charge in [-0.05, 0) is 30.3 Å². The van der Waals surface area contributed by atoms with Crippen LogP contribution < -0.4 is 10.2 Å². The van der Waals surface area contributed by atoms with Crippen LogP contribution in [0.1, 0.15) is 5.56 Å². The number of benzene rings is 2. The van der Waals surface area contributed by atoms with Gasteiger partial charge in [0.1, 0.15) is 23.3 Å². The van der Waals surface area contributed by atoms with Crippen molar-refractivity contribution in [2.75, 3.05) is 7.11 Å². The van der Waals surface area contributed by atoms with Crippen LogP contribution in [0.2, 0.25) is 0 Å². The van der Waals surface area contributed by atoms with E-state index in [1.165, 1.54) is 11.0 Å². The van der Waals surface area contributed by atoms with Gasteiger partial charge in [-0.15, -0.1) is 0 Å². The quantitative estimate of drug-likeness (QED) is 0.538. The monoisotopic (exact) mass is 387 g/mol. The van der Waals surface area contributed by atoms with Crippen molar-refractivity contribution in [3.8, 4) is 5.75 Å². The summed E-state index contributed by atoms with van der Waals surface area (Å²) in [6, 6.07) is 12.9. The lowest BCUT2D eigenvalue weighted by Crippen LogP contribution is -2.24. The Balaban J connectivity index is 1.64. The molecule has 2 aromatic carbocycles. The van der Waals surface area contributed by atoms with Crippen LogP contribution in [0.4, 0.5) is 0 Å². The second-order valence-electron chi connectivity index (χ2n) is 4.90. The van der Waals surface area contributed by atoms with E-state index in [9.17, 15) is 4.79 Å². The van der Waals surface area contributed by atoms with Gasteiger partial charge in [0.05, 0.1) is 13.3 Å². The standard InChI is InChI=1S/C16H14BrN5O2/c1-24-15-7-6-12(17)8-11(15)9-18-19-16(23)10-22-20-13-4-2-3-5-14(13)21-22/h2-9H,10H2,1H3,(H,19,23). The summed E-state index contributed by atoms with van der Waals surface area (Å²) in [6.45, 7) is -0.0123. The smallest absolute Gasteiger partial charge is 0.263 e. The van der Waals surface area contributed by atoms with Crippen molar-refractivity contribution in [1.29, 1.82) is 0 Å². The van der Waals surface area contributed by atoms with E-state index in [0.717, 1.165) is 21.1 Å². The molecule has 0 atom stereocenters. The van der Waals surface area contributed by atoms with Crippen LogP contribution in [0.15, 0.2) is 52.0 Å². The molecule has 1 heterocycles. The zero-order valence-electron chi connectivity index (χ0n) is 12.8. The molecule has 1 amide bonds. The maximum atomic E-state index is 11.9. The summed E-state index contributed by atoms with van der Waals surface area (Å²) in [7, 11) is 1.58. The normalized spacial score (nSPS) is 11.1. The number of carbonyl (C=O) groups excluding carboxylic acids is 1. The highest BCUT2D eigenvalue weighted by atomic mass is 79.9. The number of hydrazone groups is 1. The molecule has 3 aromatic rings. The van der Waals surface area contributed by atoms with Gasteiger partial charge in [0, 0.05) is 10.0 Å². The molecular weight excluding hydrogens is 374 g/mol. The molecule has 7 nitrogen and oxygen atoms in total. The number of halogens is 1. The van der Waals surface area contributed by atoms with E-state index < -0.39 is 0 Å².